The molecule has 1 rings (SSSR count). The molecule has 2 unspecified atom stereocenters. The van der Waals surface area contributed by atoms with E-state index in [1.165, 1.54) is 4.31 Å². The van der Waals surface area contributed by atoms with Gasteiger partial charge in [-0.15, -0.1) is 0 Å². The lowest BCUT2D eigenvalue weighted by Gasteiger charge is -2.34. The molecule has 0 amide bonds. The van der Waals surface area contributed by atoms with Crippen LogP contribution in [0.3, 0.4) is 0 Å². The number of rotatable bonds is 5. The molecular weight excluding hydrogens is 278 g/mol. The first-order chi connectivity index (χ1) is 9.01. The van der Waals surface area contributed by atoms with Crippen molar-refractivity contribution < 1.29 is 18.3 Å². The molecule has 1 saturated heterocycles. The predicted molar refractivity (Wildman–Crippen MR) is 79.0 cm³/mol. The Morgan fingerprint density at radius 2 is 1.90 bits per heavy atom. The summed E-state index contributed by atoms with van der Waals surface area (Å²) < 4.78 is 26.0. The molecule has 1 N–H and O–H groups in total. The first kappa shape index (κ1) is 17.4. The summed E-state index contributed by atoms with van der Waals surface area (Å²) in [5.41, 5.74) is 0.119. The van der Waals surface area contributed by atoms with Gasteiger partial charge in [0.25, 0.3) is 0 Å². The van der Waals surface area contributed by atoms with Gasteiger partial charge < -0.3 is 5.11 Å². The second kappa shape index (κ2) is 6.43. The van der Waals surface area contributed by atoms with E-state index in [9.17, 15) is 13.2 Å². The molecule has 118 valence electrons. The van der Waals surface area contributed by atoms with Crippen LogP contribution in [0.5, 0.6) is 0 Å². The number of nitrogens with zero attached hydrogens (tertiary/aromatic N) is 1. The summed E-state index contributed by atoms with van der Waals surface area (Å²) in [5.74, 6) is -1.26. The van der Waals surface area contributed by atoms with Crippen LogP contribution in [0, 0.1) is 17.3 Å². The molecule has 1 heterocycles. The van der Waals surface area contributed by atoms with Gasteiger partial charge in [0.05, 0.1) is 11.7 Å². The number of hydrogen-bond acceptors (Lipinski definition) is 3. The largest absolute Gasteiger partial charge is 0.481 e. The van der Waals surface area contributed by atoms with Crippen molar-refractivity contribution in [2.75, 3.05) is 18.8 Å². The van der Waals surface area contributed by atoms with Gasteiger partial charge in [0.15, 0.2) is 0 Å². The zero-order valence-corrected chi connectivity index (χ0v) is 13.7. The van der Waals surface area contributed by atoms with Crippen LogP contribution in [-0.4, -0.2) is 42.6 Å². The van der Waals surface area contributed by atoms with E-state index in [1.54, 1.807) is 0 Å². The molecule has 6 heteroatoms. The van der Waals surface area contributed by atoms with Crippen LogP contribution < -0.4 is 0 Å². The first-order valence-electron chi connectivity index (χ1n) is 7.22. The van der Waals surface area contributed by atoms with Gasteiger partial charge in [0.1, 0.15) is 0 Å². The smallest absolute Gasteiger partial charge is 0.307 e. The van der Waals surface area contributed by atoms with Crippen molar-refractivity contribution in [3.05, 3.63) is 0 Å². The predicted octanol–water partition coefficient (Wildman–Crippen LogP) is 2.19. The molecule has 1 fully saturated rings. The highest BCUT2D eigenvalue weighted by Gasteiger charge is 2.35. The summed E-state index contributed by atoms with van der Waals surface area (Å²) in [7, 11) is -3.34. The molecule has 0 radical (unpaired) electrons. The van der Waals surface area contributed by atoms with E-state index < -0.39 is 21.9 Å². The quantitative estimate of drug-likeness (QED) is 0.845. The Hall–Kier alpha value is -0.620. The molecule has 2 atom stereocenters. The molecule has 0 aromatic carbocycles. The number of hydrogen-bond donors (Lipinski definition) is 1. The normalized spacial score (nSPS) is 25.6. The van der Waals surface area contributed by atoms with Crippen LogP contribution in [0.15, 0.2) is 0 Å². The minimum atomic E-state index is -3.34. The molecule has 0 aromatic heterocycles. The van der Waals surface area contributed by atoms with Crippen molar-refractivity contribution in [3.8, 4) is 0 Å². The average Bonchev–Trinajstić information content (AvgIpc) is 2.25. The Bertz CT molecular complexity index is 439. The number of carbonyl (C=O) groups is 1. The van der Waals surface area contributed by atoms with Gasteiger partial charge >= 0.3 is 5.97 Å². The van der Waals surface area contributed by atoms with E-state index in [2.05, 4.69) is 20.8 Å². The Labute approximate surface area is 122 Å². The van der Waals surface area contributed by atoms with Crippen molar-refractivity contribution in [1.29, 1.82) is 0 Å². The van der Waals surface area contributed by atoms with Crippen LogP contribution in [0.25, 0.3) is 0 Å². The second-order valence-electron chi connectivity index (χ2n) is 7.17. The van der Waals surface area contributed by atoms with Gasteiger partial charge in [0, 0.05) is 13.1 Å². The summed E-state index contributed by atoms with van der Waals surface area (Å²) in [5, 5.41) is 9.10. The van der Waals surface area contributed by atoms with Crippen LogP contribution in [-0.2, 0) is 14.8 Å². The maximum atomic E-state index is 12.3. The summed E-state index contributed by atoms with van der Waals surface area (Å²) in [6.45, 7) is 8.74. The maximum Gasteiger partial charge on any atom is 0.307 e. The van der Waals surface area contributed by atoms with E-state index in [1.807, 2.05) is 6.92 Å². The fourth-order valence-electron chi connectivity index (χ4n) is 2.62. The molecule has 0 aliphatic carbocycles. The zero-order chi connectivity index (χ0) is 15.6. The summed E-state index contributed by atoms with van der Waals surface area (Å²) in [6.07, 6.45) is 2.02. The Morgan fingerprint density at radius 1 is 1.30 bits per heavy atom. The zero-order valence-electron chi connectivity index (χ0n) is 12.9. The number of carboxylic acids is 1. The fraction of sp³-hybridized carbons (Fsp3) is 0.929. The van der Waals surface area contributed by atoms with Crippen LogP contribution >= 0.6 is 0 Å². The van der Waals surface area contributed by atoms with E-state index in [4.69, 9.17) is 5.11 Å². The third-order valence-corrected chi connectivity index (χ3v) is 5.59. The molecule has 0 spiro atoms. The standard InChI is InChI=1S/C14H27NO4S/c1-11-8-12(13(16)17)10-15(9-11)20(18,19)7-5-6-14(2,3)4/h11-12H,5-10H2,1-4H3,(H,16,17). The number of piperidine rings is 1. The first-order valence-corrected chi connectivity index (χ1v) is 8.83. The van der Waals surface area contributed by atoms with Gasteiger partial charge in [-0.05, 0) is 30.6 Å². The molecular formula is C14H27NO4S. The Balaban J connectivity index is 2.64. The number of aliphatic carboxylic acids is 1. The molecule has 0 saturated carbocycles. The lowest BCUT2D eigenvalue weighted by Crippen LogP contribution is -2.46. The molecule has 5 nitrogen and oxygen atoms in total. The lowest BCUT2D eigenvalue weighted by molar-refractivity contribution is -0.143. The van der Waals surface area contributed by atoms with E-state index in [0.717, 1.165) is 6.42 Å². The highest BCUT2D eigenvalue weighted by atomic mass is 32.2. The van der Waals surface area contributed by atoms with Crippen molar-refractivity contribution >= 4 is 16.0 Å². The van der Waals surface area contributed by atoms with Gasteiger partial charge in [-0.2, -0.15) is 0 Å². The highest BCUT2D eigenvalue weighted by Crippen LogP contribution is 2.26. The fourth-order valence-corrected chi connectivity index (χ4v) is 4.28. The van der Waals surface area contributed by atoms with Crippen molar-refractivity contribution in [3.63, 3.8) is 0 Å². The lowest BCUT2D eigenvalue weighted by atomic mass is 9.91. The minimum absolute atomic E-state index is 0.0993. The van der Waals surface area contributed by atoms with E-state index in [-0.39, 0.29) is 23.6 Å². The van der Waals surface area contributed by atoms with Gasteiger partial charge in [0.2, 0.25) is 10.0 Å². The summed E-state index contributed by atoms with van der Waals surface area (Å²) in [4.78, 5) is 11.1. The SMILES string of the molecule is CC1CC(C(=O)O)CN(S(=O)(=O)CCCC(C)(C)C)C1. The second-order valence-corrected chi connectivity index (χ2v) is 9.26. The van der Waals surface area contributed by atoms with Crippen molar-refractivity contribution in [2.45, 2.75) is 47.0 Å². The highest BCUT2D eigenvalue weighted by molar-refractivity contribution is 7.89. The Kier molecular flexibility index (Phi) is 5.61. The van der Waals surface area contributed by atoms with Crippen LogP contribution in [0.2, 0.25) is 0 Å². The average molecular weight is 305 g/mol. The molecule has 0 aromatic rings. The van der Waals surface area contributed by atoms with E-state index in [0.29, 0.717) is 19.4 Å². The minimum Gasteiger partial charge on any atom is -0.481 e. The van der Waals surface area contributed by atoms with Crippen LogP contribution in [0.4, 0.5) is 0 Å². The monoisotopic (exact) mass is 305 g/mol. The van der Waals surface area contributed by atoms with Crippen molar-refractivity contribution in [2.24, 2.45) is 17.3 Å². The third kappa shape index (κ3) is 5.40. The summed E-state index contributed by atoms with van der Waals surface area (Å²) >= 11 is 0. The van der Waals surface area contributed by atoms with Gasteiger partial charge in [-0.25, -0.2) is 12.7 Å². The maximum absolute atomic E-state index is 12.3. The van der Waals surface area contributed by atoms with Crippen molar-refractivity contribution in [1.82, 2.24) is 4.31 Å². The molecule has 0 bridgehead atoms. The number of sulfonamides is 1. The van der Waals surface area contributed by atoms with E-state index >= 15 is 0 Å². The Morgan fingerprint density at radius 3 is 2.40 bits per heavy atom. The van der Waals surface area contributed by atoms with Gasteiger partial charge in [-0.1, -0.05) is 27.7 Å². The number of carboxylic acid groups (broad SMARTS) is 1. The summed E-state index contributed by atoms with van der Waals surface area (Å²) in [6, 6.07) is 0. The molecule has 20 heavy (non-hydrogen) atoms. The topological polar surface area (TPSA) is 74.7 Å². The molecule has 1 aliphatic heterocycles. The third-order valence-electron chi connectivity index (χ3n) is 3.70. The van der Waals surface area contributed by atoms with Gasteiger partial charge in [-0.3, -0.25) is 4.79 Å². The molecule has 1 aliphatic rings. The van der Waals surface area contributed by atoms with Crippen LogP contribution in [0.1, 0.15) is 47.0 Å².